The normalized spacial score (nSPS) is 10.3. The van der Waals surface area contributed by atoms with Crippen LogP contribution in [0.4, 0.5) is 5.13 Å². The van der Waals surface area contributed by atoms with Gasteiger partial charge in [-0.05, 0) is 29.8 Å². The van der Waals surface area contributed by atoms with Crippen molar-refractivity contribution < 1.29 is 14.3 Å². The van der Waals surface area contributed by atoms with Gasteiger partial charge in [-0.3, -0.25) is 19.7 Å². The molecular weight excluding hydrogens is 380 g/mol. The SMILES string of the molecule is COc1ccc(CNC(=O)Cc2csc(NC(=O)c3ccc[nH]c3=O)n2)cc1. The third-order valence-electron chi connectivity index (χ3n) is 3.83. The largest absolute Gasteiger partial charge is 0.497 e. The number of amides is 2. The Balaban J connectivity index is 1.52. The van der Waals surface area contributed by atoms with Crippen molar-refractivity contribution in [3.63, 3.8) is 0 Å². The summed E-state index contributed by atoms with van der Waals surface area (Å²) in [5.74, 6) is 0.0230. The van der Waals surface area contributed by atoms with Crippen molar-refractivity contribution in [2.75, 3.05) is 12.4 Å². The van der Waals surface area contributed by atoms with Crippen LogP contribution in [-0.2, 0) is 17.8 Å². The Bertz CT molecular complexity index is 1030. The Morgan fingerprint density at radius 1 is 1.21 bits per heavy atom. The molecule has 0 aliphatic rings. The van der Waals surface area contributed by atoms with Crippen LogP contribution in [0.1, 0.15) is 21.6 Å². The van der Waals surface area contributed by atoms with Crippen LogP contribution in [0.5, 0.6) is 5.75 Å². The molecule has 0 radical (unpaired) electrons. The lowest BCUT2D eigenvalue weighted by Crippen LogP contribution is -2.24. The number of methoxy groups -OCH3 is 1. The number of thiazole rings is 1. The smallest absolute Gasteiger partial charge is 0.263 e. The van der Waals surface area contributed by atoms with Gasteiger partial charge in [-0.1, -0.05) is 12.1 Å². The number of aromatic amines is 1. The number of carbonyl (C=O) groups is 2. The van der Waals surface area contributed by atoms with Crippen LogP contribution in [0.3, 0.4) is 0 Å². The highest BCUT2D eigenvalue weighted by Gasteiger charge is 2.13. The Hall–Kier alpha value is -3.46. The van der Waals surface area contributed by atoms with Crippen molar-refractivity contribution in [3.05, 3.63) is 75.1 Å². The summed E-state index contributed by atoms with van der Waals surface area (Å²) in [7, 11) is 1.60. The third kappa shape index (κ3) is 5.04. The number of aromatic nitrogens is 2. The van der Waals surface area contributed by atoms with Gasteiger partial charge in [-0.15, -0.1) is 11.3 Å². The van der Waals surface area contributed by atoms with Crippen molar-refractivity contribution in [3.8, 4) is 5.75 Å². The molecule has 0 saturated carbocycles. The molecule has 8 nitrogen and oxygen atoms in total. The lowest BCUT2D eigenvalue weighted by Gasteiger charge is -2.05. The molecule has 3 aromatic rings. The number of ether oxygens (including phenoxy) is 1. The molecule has 0 aliphatic heterocycles. The van der Waals surface area contributed by atoms with E-state index >= 15 is 0 Å². The molecule has 0 spiro atoms. The second kappa shape index (κ2) is 8.96. The number of H-pyrrole nitrogens is 1. The third-order valence-corrected chi connectivity index (χ3v) is 4.63. The maximum absolute atomic E-state index is 12.1. The molecule has 2 amide bonds. The predicted octanol–water partition coefficient (Wildman–Crippen LogP) is 1.95. The molecule has 1 aromatic carbocycles. The fourth-order valence-electron chi connectivity index (χ4n) is 2.38. The van der Waals surface area contributed by atoms with Gasteiger partial charge < -0.3 is 15.0 Å². The molecular formula is C19H18N4O4S. The Morgan fingerprint density at radius 2 is 2.00 bits per heavy atom. The van der Waals surface area contributed by atoms with Crippen LogP contribution in [0.15, 0.2) is 52.8 Å². The molecule has 0 fully saturated rings. The maximum atomic E-state index is 12.1. The molecule has 0 atom stereocenters. The van der Waals surface area contributed by atoms with Crippen molar-refractivity contribution in [1.82, 2.24) is 15.3 Å². The van der Waals surface area contributed by atoms with Gasteiger partial charge in [0.15, 0.2) is 5.13 Å². The predicted molar refractivity (Wildman–Crippen MR) is 106 cm³/mol. The minimum Gasteiger partial charge on any atom is -0.497 e. The van der Waals surface area contributed by atoms with Crippen LogP contribution in [0.25, 0.3) is 0 Å². The number of anilines is 1. The fraction of sp³-hybridized carbons (Fsp3) is 0.158. The maximum Gasteiger partial charge on any atom is 0.263 e. The number of hydrogen-bond acceptors (Lipinski definition) is 6. The molecule has 28 heavy (non-hydrogen) atoms. The highest BCUT2D eigenvalue weighted by Crippen LogP contribution is 2.16. The van der Waals surface area contributed by atoms with Crippen molar-refractivity contribution >= 4 is 28.3 Å². The zero-order valence-corrected chi connectivity index (χ0v) is 15.8. The summed E-state index contributed by atoms with van der Waals surface area (Å²) in [5, 5.41) is 7.40. The van der Waals surface area contributed by atoms with E-state index in [-0.39, 0.29) is 17.9 Å². The first-order chi connectivity index (χ1) is 13.5. The second-order valence-corrected chi connectivity index (χ2v) is 6.67. The highest BCUT2D eigenvalue weighted by atomic mass is 32.1. The molecule has 0 aliphatic carbocycles. The minimum atomic E-state index is -0.549. The Morgan fingerprint density at radius 3 is 2.71 bits per heavy atom. The summed E-state index contributed by atoms with van der Waals surface area (Å²) in [6.07, 6.45) is 1.54. The van der Waals surface area contributed by atoms with Crippen molar-refractivity contribution in [1.29, 1.82) is 0 Å². The lowest BCUT2D eigenvalue weighted by atomic mass is 10.2. The van der Waals surface area contributed by atoms with Gasteiger partial charge in [0, 0.05) is 18.1 Å². The Kier molecular flexibility index (Phi) is 6.18. The number of hydrogen-bond donors (Lipinski definition) is 3. The van der Waals surface area contributed by atoms with Gasteiger partial charge in [0.25, 0.3) is 11.5 Å². The van der Waals surface area contributed by atoms with E-state index in [1.807, 2.05) is 24.3 Å². The average molecular weight is 398 g/mol. The lowest BCUT2D eigenvalue weighted by molar-refractivity contribution is -0.120. The van der Waals surface area contributed by atoms with Crippen LogP contribution >= 0.6 is 11.3 Å². The molecule has 144 valence electrons. The molecule has 3 rings (SSSR count). The van der Waals surface area contributed by atoms with E-state index in [1.165, 1.54) is 23.6 Å². The molecule has 9 heteroatoms. The number of nitrogens with zero attached hydrogens (tertiary/aromatic N) is 1. The van der Waals surface area contributed by atoms with Gasteiger partial charge in [0.05, 0.1) is 19.2 Å². The first kappa shape index (κ1) is 19.3. The first-order valence-corrected chi connectivity index (χ1v) is 9.26. The van der Waals surface area contributed by atoms with E-state index in [4.69, 9.17) is 4.74 Å². The number of carbonyl (C=O) groups excluding carboxylic acids is 2. The van der Waals surface area contributed by atoms with Crippen LogP contribution in [0.2, 0.25) is 0 Å². The first-order valence-electron chi connectivity index (χ1n) is 8.38. The van der Waals surface area contributed by atoms with Crippen molar-refractivity contribution in [2.45, 2.75) is 13.0 Å². The highest BCUT2D eigenvalue weighted by molar-refractivity contribution is 7.14. The standard InChI is InChI=1S/C19H18N4O4S/c1-27-14-6-4-12(5-7-14)10-21-16(24)9-13-11-28-19(22-13)23-18(26)15-3-2-8-20-17(15)25/h2-8,11H,9-10H2,1H3,(H,20,25)(H,21,24)(H,22,23,26). The second-order valence-electron chi connectivity index (χ2n) is 5.81. The molecule has 0 saturated heterocycles. The molecule has 0 bridgehead atoms. The van der Waals surface area contributed by atoms with E-state index in [0.29, 0.717) is 17.4 Å². The summed E-state index contributed by atoms with van der Waals surface area (Å²) < 4.78 is 5.09. The zero-order valence-electron chi connectivity index (χ0n) is 15.0. The number of pyridine rings is 1. The summed E-state index contributed by atoms with van der Waals surface area (Å²) in [5.41, 5.74) is 1.01. The van der Waals surface area contributed by atoms with Gasteiger partial charge >= 0.3 is 0 Å². The number of rotatable bonds is 7. The van der Waals surface area contributed by atoms with E-state index < -0.39 is 11.5 Å². The average Bonchev–Trinajstić information content (AvgIpc) is 3.13. The van der Waals surface area contributed by atoms with E-state index in [2.05, 4.69) is 20.6 Å². The van der Waals surface area contributed by atoms with E-state index in [0.717, 1.165) is 11.3 Å². The number of benzene rings is 1. The topological polar surface area (TPSA) is 113 Å². The number of nitrogens with one attached hydrogen (secondary N) is 3. The van der Waals surface area contributed by atoms with Gasteiger partial charge in [0.1, 0.15) is 11.3 Å². The quantitative estimate of drug-likeness (QED) is 0.563. The fourth-order valence-corrected chi connectivity index (χ4v) is 3.09. The van der Waals surface area contributed by atoms with Gasteiger partial charge in [0.2, 0.25) is 5.91 Å². The monoisotopic (exact) mass is 398 g/mol. The summed E-state index contributed by atoms with van der Waals surface area (Å²) in [6, 6.07) is 10.4. The van der Waals surface area contributed by atoms with Crippen LogP contribution in [0, 0.1) is 0 Å². The van der Waals surface area contributed by atoms with Crippen LogP contribution in [-0.4, -0.2) is 28.9 Å². The van der Waals surface area contributed by atoms with Crippen molar-refractivity contribution in [2.24, 2.45) is 0 Å². The van der Waals surface area contributed by atoms with Gasteiger partial charge in [-0.25, -0.2) is 4.98 Å². The minimum absolute atomic E-state index is 0.00325. The summed E-state index contributed by atoms with van der Waals surface area (Å²) >= 11 is 1.19. The molecule has 3 N–H and O–H groups in total. The molecule has 2 heterocycles. The van der Waals surface area contributed by atoms with Crippen LogP contribution < -0.4 is 20.9 Å². The summed E-state index contributed by atoms with van der Waals surface area (Å²) in [4.78, 5) is 42.5. The molecule has 0 unspecified atom stereocenters. The summed E-state index contributed by atoms with van der Waals surface area (Å²) in [6.45, 7) is 0.396. The molecule has 2 aromatic heterocycles. The zero-order chi connectivity index (χ0) is 19.9. The van der Waals surface area contributed by atoms with Gasteiger partial charge in [-0.2, -0.15) is 0 Å². The van der Waals surface area contributed by atoms with E-state index in [1.54, 1.807) is 18.6 Å². The Labute approximate surface area is 164 Å². The van der Waals surface area contributed by atoms with E-state index in [9.17, 15) is 14.4 Å².